The average Bonchev–Trinajstić information content (AvgIpc) is 3.29. The summed E-state index contributed by atoms with van der Waals surface area (Å²) in [7, 11) is 0. The number of nitrogens with two attached hydrogens (primary N) is 1. The molecule has 0 spiro atoms. The van der Waals surface area contributed by atoms with E-state index in [0.717, 1.165) is 20.9 Å². The van der Waals surface area contributed by atoms with Crippen molar-refractivity contribution in [3.05, 3.63) is 51.3 Å². The van der Waals surface area contributed by atoms with E-state index in [4.69, 9.17) is 5.73 Å². The normalized spacial score (nSPS) is 19.8. The number of carbonyl (C=O) groups excluding carboxylic acids is 2. The number of aryl methyl sites for hydroxylation is 1. The summed E-state index contributed by atoms with van der Waals surface area (Å²) in [5.41, 5.74) is 8.67. The van der Waals surface area contributed by atoms with Crippen LogP contribution in [0.2, 0.25) is 0 Å². The van der Waals surface area contributed by atoms with Crippen LogP contribution >= 0.6 is 31.9 Å². The maximum absolute atomic E-state index is 13.9. The highest BCUT2D eigenvalue weighted by atomic mass is 79.9. The number of halogens is 2. The van der Waals surface area contributed by atoms with Crippen molar-refractivity contribution in [2.24, 2.45) is 5.92 Å². The number of hydrogen-bond acceptors (Lipinski definition) is 6. The lowest BCUT2D eigenvalue weighted by atomic mass is 10.0. The first-order chi connectivity index (χ1) is 17.2. The van der Waals surface area contributed by atoms with E-state index in [2.05, 4.69) is 59.1 Å². The first kappa shape index (κ1) is 24.6. The monoisotopic (exact) mass is 613 g/mol. The van der Waals surface area contributed by atoms with Gasteiger partial charge < -0.3 is 20.5 Å². The van der Waals surface area contributed by atoms with Gasteiger partial charge in [0.2, 0.25) is 11.8 Å². The van der Waals surface area contributed by atoms with Gasteiger partial charge in [0.15, 0.2) is 0 Å². The van der Waals surface area contributed by atoms with Crippen LogP contribution in [0.5, 0.6) is 0 Å². The molecule has 4 heterocycles. The molecule has 1 aliphatic rings. The second kappa shape index (κ2) is 9.44. The van der Waals surface area contributed by atoms with Crippen LogP contribution in [0.4, 0.5) is 11.6 Å². The predicted octanol–water partition coefficient (Wildman–Crippen LogP) is 4.66. The number of likely N-dealkylation sites (tertiary alicyclic amines) is 1. The molecule has 0 saturated carbocycles. The minimum atomic E-state index is -0.605. The van der Waals surface area contributed by atoms with Crippen LogP contribution in [0.3, 0.4) is 0 Å². The van der Waals surface area contributed by atoms with Crippen molar-refractivity contribution in [3.8, 4) is 0 Å². The number of pyridine rings is 1. The first-order valence-corrected chi connectivity index (χ1v) is 13.2. The molecule has 5 rings (SSSR count). The number of amides is 2. The first-order valence-electron chi connectivity index (χ1n) is 11.6. The quantitative estimate of drug-likeness (QED) is 0.323. The maximum atomic E-state index is 13.9. The summed E-state index contributed by atoms with van der Waals surface area (Å²) in [6.45, 7) is 6.06. The molecule has 0 bridgehead atoms. The predicted molar refractivity (Wildman–Crippen MR) is 146 cm³/mol. The highest BCUT2D eigenvalue weighted by molar-refractivity contribution is 9.10. The van der Waals surface area contributed by atoms with Gasteiger partial charge in [-0.15, -0.1) is 0 Å². The number of rotatable bonds is 4. The van der Waals surface area contributed by atoms with E-state index in [1.165, 1.54) is 6.33 Å². The number of hydrogen-bond donors (Lipinski definition) is 2. The minimum Gasteiger partial charge on any atom is -0.383 e. The van der Waals surface area contributed by atoms with Gasteiger partial charge in [-0.2, -0.15) is 0 Å². The Morgan fingerprint density at radius 3 is 2.72 bits per heavy atom. The molecule has 3 aromatic heterocycles. The second-order valence-corrected chi connectivity index (χ2v) is 11.0. The number of fused-ring (bicyclic) bond motifs is 3. The summed E-state index contributed by atoms with van der Waals surface area (Å²) in [5.74, 6) is 0.543. The van der Waals surface area contributed by atoms with E-state index in [0.29, 0.717) is 33.7 Å². The molecular weight excluding hydrogens is 590 g/mol. The van der Waals surface area contributed by atoms with Crippen LogP contribution in [0.1, 0.15) is 25.8 Å². The molecule has 4 aromatic rings. The Hall–Kier alpha value is -3.05. The summed E-state index contributed by atoms with van der Waals surface area (Å²) >= 11 is 6.88. The van der Waals surface area contributed by atoms with Crippen LogP contribution in [-0.4, -0.2) is 48.3 Å². The molecule has 0 radical (unpaired) electrons. The largest absolute Gasteiger partial charge is 0.383 e. The SMILES string of the molecule is Cc1cc(Br)cc2c3c(N)ncnc3n(CC(=O)N3[C@H](C)[C@H](C)C[C@H]3C(=O)Nc3cccc(Br)n3)c12. The standard InChI is InChI=1S/C25H25Br2N7O2/c1-12-8-17(25(36)32-19-6-4-5-18(27)31-19)34(14(12)3)20(35)10-33-22-13(2)7-15(26)9-16(22)21-23(28)29-11-30-24(21)33/h4-7,9,11-12,14,17H,8,10H2,1-3H3,(H2,28,29,30)(H,31,32,36)/t12-,14-,17+/m1/s1. The molecule has 36 heavy (non-hydrogen) atoms. The van der Waals surface area contributed by atoms with Gasteiger partial charge in [0, 0.05) is 15.9 Å². The number of aromatic nitrogens is 4. The van der Waals surface area contributed by atoms with Crippen molar-refractivity contribution in [2.45, 2.75) is 45.8 Å². The van der Waals surface area contributed by atoms with Gasteiger partial charge in [-0.3, -0.25) is 9.59 Å². The number of nitrogens with zero attached hydrogens (tertiary/aromatic N) is 5. The summed E-state index contributed by atoms with van der Waals surface area (Å²) in [4.78, 5) is 41.8. The smallest absolute Gasteiger partial charge is 0.248 e. The van der Waals surface area contributed by atoms with Crippen LogP contribution in [0, 0.1) is 12.8 Å². The fraction of sp³-hybridized carbons (Fsp3) is 0.320. The molecule has 9 nitrogen and oxygen atoms in total. The summed E-state index contributed by atoms with van der Waals surface area (Å²) in [6, 6.07) is 8.55. The van der Waals surface area contributed by atoms with E-state index in [-0.39, 0.29) is 30.3 Å². The maximum Gasteiger partial charge on any atom is 0.248 e. The van der Waals surface area contributed by atoms with Crippen LogP contribution in [0.25, 0.3) is 21.9 Å². The molecule has 1 aliphatic heterocycles. The van der Waals surface area contributed by atoms with E-state index >= 15 is 0 Å². The Kier molecular flexibility index (Phi) is 6.46. The fourth-order valence-electron chi connectivity index (χ4n) is 5.16. The lowest BCUT2D eigenvalue weighted by Gasteiger charge is -2.29. The van der Waals surface area contributed by atoms with Gasteiger partial charge in [0.25, 0.3) is 0 Å². The summed E-state index contributed by atoms with van der Waals surface area (Å²) in [5, 5.41) is 4.45. The lowest BCUT2D eigenvalue weighted by molar-refractivity contribution is -0.139. The molecule has 3 N–H and O–H groups in total. The molecule has 1 saturated heterocycles. The molecular formula is C25H25Br2N7O2. The Labute approximate surface area is 224 Å². The third-order valence-electron chi connectivity index (χ3n) is 6.96. The number of benzene rings is 1. The second-order valence-electron chi connectivity index (χ2n) is 9.27. The Morgan fingerprint density at radius 1 is 1.19 bits per heavy atom. The zero-order valence-electron chi connectivity index (χ0n) is 20.0. The zero-order chi connectivity index (χ0) is 25.7. The highest BCUT2D eigenvalue weighted by Crippen LogP contribution is 2.36. The van der Waals surface area contributed by atoms with Crippen molar-refractivity contribution >= 4 is 77.2 Å². The van der Waals surface area contributed by atoms with E-state index in [1.54, 1.807) is 23.1 Å². The van der Waals surface area contributed by atoms with Crippen molar-refractivity contribution in [3.63, 3.8) is 0 Å². The number of nitrogens with one attached hydrogen (secondary N) is 1. The number of carbonyl (C=O) groups is 2. The molecule has 3 atom stereocenters. The molecule has 1 fully saturated rings. The van der Waals surface area contributed by atoms with Crippen LogP contribution < -0.4 is 11.1 Å². The Morgan fingerprint density at radius 2 is 1.97 bits per heavy atom. The average molecular weight is 615 g/mol. The van der Waals surface area contributed by atoms with Gasteiger partial charge in [0.05, 0.1) is 10.9 Å². The van der Waals surface area contributed by atoms with Crippen molar-refractivity contribution in [1.82, 2.24) is 24.4 Å². The third-order valence-corrected chi connectivity index (χ3v) is 7.86. The fourth-order valence-corrected chi connectivity index (χ4v) is 6.07. The van der Waals surface area contributed by atoms with Crippen molar-refractivity contribution < 1.29 is 9.59 Å². The van der Waals surface area contributed by atoms with Gasteiger partial charge >= 0.3 is 0 Å². The van der Waals surface area contributed by atoms with E-state index in [1.807, 2.05) is 30.5 Å². The molecule has 11 heteroatoms. The van der Waals surface area contributed by atoms with Crippen molar-refractivity contribution in [1.29, 1.82) is 0 Å². The molecule has 1 aromatic carbocycles. The number of nitrogen functional groups attached to an aromatic ring is 1. The van der Waals surface area contributed by atoms with Crippen molar-refractivity contribution in [2.75, 3.05) is 11.1 Å². The van der Waals surface area contributed by atoms with E-state index < -0.39 is 6.04 Å². The molecule has 2 amide bonds. The lowest BCUT2D eigenvalue weighted by Crippen LogP contribution is -2.47. The topological polar surface area (TPSA) is 119 Å². The Bertz CT molecular complexity index is 1520. The van der Waals surface area contributed by atoms with Crippen LogP contribution in [0.15, 0.2) is 45.7 Å². The van der Waals surface area contributed by atoms with Crippen LogP contribution in [-0.2, 0) is 16.1 Å². The molecule has 0 aliphatic carbocycles. The zero-order valence-corrected chi connectivity index (χ0v) is 23.2. The third kappa shape index (κ3) is 4.24. The highest BCUT2D eigenvalue weighted by Gasteiger charge is 2.43. The minimum absolute atomic E-state index is 0.0227. The van der Waals surface area contributed by atoms with E-state index in [9.17, 15) is 9.59 Å². The van der Waals surface area contributed by atoms with Gasteiger partial charge in [-0.1, -0.05) is 28.9 Å². The molecule has 0 unspecified atom stereocenters. The summed E-state index contributed by atoms with van der Waals surface area (Å²) < 4.78 is 3.41. The molecule has 186 valence electrons. The van der Waals surface area contributed by atoms with Gasteiger partial charge in [-0.05, 0) is 71.9 Å². The Balaban J connectivity index is 1.52. The van der Waals surface area contributed by atoms with Gasteiger partial charge in [-0.25, -0.2) is 15.0 Å². The number of anilines is 2. The summed E-state index contributed by atoms with van der Waals surface area (Å²) in [6.07, 6.45) is 1.98. The van der Waals surface area contributed by atoms with Gasteiger partial charge in [0.1, 0.15) is 40.8 Å².